The number of carbonyl (C=O) groups excluding carboxylic acids is 1. The second kappa shape index (κ2) is 7.05. The van der Waals surface area contributed by atoms with E-state index >= 15 is 0 Å². The van der Waals surface area contributed by atoms with Crippen LogP contribution in [-0.2, 0) is 9.53 Å². The van der Waals surface area contributed by atoms with E-state index in [4.69, 9.17) is 4.74 Å². The van der Waals surface area contributed by atoms with E-state index in [2.05, 4.69) is 20.8 Å². The molecule has 0 saturated heterocycles. The molecule has 0 amide bonds. The van der Waals surface area contributed by atoms with Crippen LogP contribution in [0.4, 0.5) is 0 Å². The lowest BCUT2D eigenvalue weighted by atomic mass is 9.89. The van der Waals surface area contributed by atoms with Crippen LogP contribution in [0.1, 0.15) is 61.8 Å². The maximum atomic E-state index is 11.5. The van der Waals surface area contributed by atoms with Gasteiger partial charge in [0.05, 0.1) is 6.61 Å². The standard InChI is InChI=1S/C13H26O2.CH4/c1-12(2,3)8-10-15-9-7-11(14)13(4,5)6;/h7-10H2,1-6H3;1H4. The number of hydrogen-bond acceptors (Lipinski definition) is 2. The zero-order valence-electron chi connectivity index (χ0n) is 11.1. The Morgan fingerprint density at radius 2 is 1.50 bits per heavy atom. The highest BCUT2D eigenvalue weighted by Gasteiger charge is 2.20. The van der Waals surface area contributed by atoms with E-state index < -0.39 is 0 Å². The van der Waals surface area contributed by atoms with Crippen LogP contribution in [-0.4, -0.2) is 19.0 Å². The Bertz CT molecular complexity index is 194. The summed E-state index contributed by atoms with van der Waals surface area (Å²) < 4.78 is 5.45. The van der Waals surface area contributed by atoms with Crippen LogP contribution in [0.3, 0.4) is 0 Å². The van der Waals surface area contributed by atoms with Crippen LogP contribution in [0.2, 0.25) is 0 Å². The van der Waals surface area contributed by atoms with Crippen LogP contribution >= 0.6 is 0 Å². The van der Waals surface area contributed by atoms with Crippen molar-refractivity contribution in [2.75, 3.05) is 13.2 Å². The zero-order valence-corrected chi connectivity index (χ0v) is 11.1. The van der Waals surface area contributed by atoms with Crippen molar-refractivity contribution in [3.63, 3.8) is 0 Å². The molecule has 0 radical (unpaired) electrons. The zero-order chi connectivity index (χ0) is 12.1. The summed E-state index contributed by atoms with van der Waals surface area (Å²) in [5.74, 6) is 0.276. The minimum Gasteiger partial charge on any atom is -0.381 e. The predicted octanol–water partition coefficient (Wildman–Crippen LogP) is 4.08. The van der Waals surface area contributed by atoms with Gasteiger partial charge in [-0.2, -0.15) is 0 Å². The summed E-state index contributed by atoms with van der Waals surface area (Å²) in [5.41, 5.74) is 0.0847. The molecule has 0 fully saturated rings. The van der Waals surface area contributed by atoms with Gasteiger partial charge in [-0.05, 0) is 11.8 Å². The third-order valence-corrected chi connectivity index (χ3v) is 2.31. The van der Waals surface area contributed by atoms with E-state index in [9.17, 15) is 4.79 Å². The number of ether oxygens (including phenoxy) is 1. The second-order valence-electron chi connectivity index (χ2n) is 6.35. The molecule has 98 valence electrons. The SMILES string of the molecule is C.CC(C)(C)CCOCCC(=O)C(C)(C)C. The molecule has 0 rings (SSSR count). The van der Waals surface area contributed by atoms with Gasteiger partial charge in [-0.3, -0.25) is 4.79 Å². The summed E-state index contributed by atoms with van der Waals surface area (Å²) in [6, 6.07) is 0. The normalized spacial score (nSPS) is 12.1. The number of Topliss-reactive ketones (excluding diaryl/α,β-unsaturated/α-hetero) is 1. The molecule has 0 aromatic heterocycles. The van der Waals surface area contributed by atoms with Gasteiger partial charge in [0.15, 0.2) is 0 Å². The summed E-state index contributed by atoms with van der Waals surface area (Å²) in [7, 11) is 0. The number of ketones is 1. The molecule has 2 nitrogen and oxygen atoms in total. The Labute approximate surface area is 102 Å². The summed E-state index contributed by atoms with van der Waals surface area (Å²) in [6.45, 7) is 13.7. The maximum absolute atomic E-state index is 11.5. The lowest BCUT2D eigenvalue weighted by molar-refractivity contribution is -0.127. The van der Waals surface area contributed by atoms with Crippen LogP contribution in [0.15, 0.2) is 0 Å². The topological polar surface area (TPSA) is 26.3 Å². The van der Waals surface area contributed by atoms with Crippen molar-refractivity contribution in [2.45, 2.75) is 61.8 Å². The molecule has 0 unspecified atom stereocenters. The highest BCUT2D eigenvalue weighted by atomic mass is 16.5. The highest BCUT2D eigenvalue weighted by molar-refractivity contribution is 5.83. The van der Waals surface area contributed by atoms with Crippen molar-refractivity contribution >= 4 is 5.78 Å². The molecule has 0 N–H and O–H groups in total. The van der Waals surface area contributed by atoms with E-state index in [-0.39, 0.29) is 18.6 Å². The summed E-state index contributed by atoms with van der Waals surface area (Å²) >= 11 is 0. The van der Waals surface area contributed by atoms with E-state index in [0.29, 0.717) is 18.4 Å². The maximum Gasteiger partial charge on any atom is 0.140 e. The Balaban J connectivity index is 0. The van der Waals surface area contributed by atoms with Crippen LogP contribution in [0.5, 0.6) is 0 Å². The molecule has 0 aromatic carbocycles. The molecule has 0 atom stereocenters. The molecule has 0 aliphatic carbocycles. The molecular weight excluding hydrogens is 200 g/mol. The monoisotopic (exact) mass is 230 g/mol. The van der Waals surface area contributed by atoms with Crippen molar-refractivity contribution in [1.29, 1.82) is 0 Å². The third kappa shape index (κ3) is 10.2. The van der Waals surface area contributed by atoms with Gasteiger partial charge in [-0.25, -0.2) is 0 Å². The number of rotatable bonds is 5. The Hall–Kier alpha value is -0.370. The average molecular weight is 230 g/mol. The number of hydrogen-bond donors (Lipinski definition) is 0. The van der Waals surface area contributed by atoms with Gasteiger partial charge in [0.25, 0.3) is 0 Å². The van der Waals surface area contributed by atoms with Gasteiger partial charge in [0.2, 0.25) is 0 Å². The first-order chi connectivity index (χ1) is 6.63. The molecular formula is C14H30O2. The van der Waals surface area contributed by atoms with Gasteiger partial charge in [-0.1, -0.05) is 49.0 Å². The molecule has 0 aliphatic rings. The predicted molar refractivity (Wildman–Crippen MR) is 70.7 cm³/mol. The van der Waals surface area contributed by atoms with Crippen LogP contribution in [0, 0.1) is 10.8 Å². The minimum absolute atomic E-state index is 0. The minimum atomic E-state index is -0.229. The largest absolute Gasteiger partial charge is 0.381 e. The molecule has 2 heteroatoms. The van der Waals surface area contributed by atoms with Gasteiger partial charge in [-0.15, -0.1) is 0 Å². The Morgan fingerprint density at radius 1 is 1.00 bits per heavy atom. The summed E-state index contributed by atoms with van der Waals surface area (Å²) in [4.78, 5) is 11.5. The molecule has 16 heavy (non-hydrogen) atoms. The smallest absolute Gasteiger partial charge is 0.140 e. The van der Waals surface area contributed by atoms with Gasteiger partial charge in [0, 0.05) is 18.4 Å². The second-order valence-corrected chi connectivity index (χ2v) is 6.35. The lowest BCUT2D eigenvalue weighted by Gasteiger charge is -2.19. The fraction of sp³-hybridized carbons (Fsp3) is 0.929. The quantitative estimate of drug-likeness (QED) is 0.665. The van der Waals surface area contributed by atoms with E-state index in [0.717, 1.165) is 13.0 Å². The molecule has 0 bridgehead atoms. The van der Waals surface area contributed by atoms with Gasteiger partial charge < -0.3 is 4.74 Å². The van der Waals surface area contributed by atoms with Crippen molar-refractivity contribution in [2.24, 2.45) is 10.8 Å². The summed E-state index contributed by atoms with van der Waals surface area (Å²) in [5, 5.41) is 0. The fourth-order valence-corrected chi connectivity index (χ4v) is 1.02. The number of carbonyl (C=O) groups is 1. The Kier molecular flexibility index (Phi) is 7.94. The van der Waals surface area contributed by atoms with Crippen LogP contribution in [0.25, 0.3) is 0 Å². The van der Waals surface area contributed by atoms with Gasteiger partial charge >= 0.3 is 0 Å². The van der Waals surface area contributed by atoms with E-state index in [1.165, 1.54) is 0 Å². The van der Waals surface area contributed by atoms with E-state index in [1.807, 2.05) is 20.8 Å². The first-order valence-electron chi connectivity index (χ1n) is 5.74. The molecule has 0 aromatic rings. The van der Waals surface area contributed by atoms with E-state index in [1.54, 1.807) is 0 Å². The Morgan fingerprint density at radius 3 is 1.88 bits per heavy atom. The first kappa shape index (κ1) is 18.0. The molecule has 0 spiro atoms. The first-order valence-corrected chi connectivity index (χ1v) is 5.74. The lowest BCUT2D eigenvalue weighted by Crippen LogP contribution is -2.21. The van der Waals surface area contributed by atoms with Crippen molar-refractivity contribution in [1.82, 2.24) is 0 Å². The van der Waals surface area contributed by atoms with Gasteiger partial charge in [0.1, 0.15) is 5.78 Å². The third-order valence-electron chi connectivity index (χ3n) is 2.31. The fourth-order valence-electron chi connectivity index (χ4n) is 1.02. The molecule has 0 aliphatic heterocycles. The van der Waals surface area contributed by atoms with Crippen LogP contribution < -0.4 is 0 Å². The summed E-state index contributed by atoms with van der Waals surface area (Å²) in [6.07, 6.45) is 1.57. The van der Waals surface area contributed by atoms with Crippen molar-refractivity contribution in [3.8, 4) is 0 Å². The molecule has 0 heterocycles. The average Bonchev–Trinajstić information content (AvgIpc) is 1.99. The van der Waals surface area contributed by atoms with Crippen molar-refractivity contribution < 1.29 is 9.53 Å². The highest BCUT2D eigenvalue weighted by Crippen LogP contribution is 2.19. The van der Waals surface area contributed by atoms with Crippen molar-refractivity contribution in [3.05, 3.63) is 0 Å². The molecule has 0 saturated carbocycles.